The summed E-state index contributed by atoms with van der Waals surface area (Å²) in [7, 11) is -4.27. The summed E-state index contributed by atoms with van der Waals surface area (Å²) in [6.45, 7) is 9.63. The van der Waals surface area contributed by atoms with E-state index in [-0.39, 0.29) is 46.3 Å². The van der Waals surface area contributed by atoms with Crippen LogP contribution in [0.4, 0.5) is 18.0 Å². The minimum absolute atomic E-state index is 0.136. The standard InChI is InChI=1S/C34H51F3N2O6S/c1-5-24-28-19-21(40)14-16-33(28,4)27-15-17-32(3)25(12-13-26(32)29(27)30(24)41)20(2)7-6-18-38-31(42)39-46(43,44)23-10-8-22(9-11-23)45-34(35,36)37/h8-11,20-21,24-30,40-41H,5-7,12-19H2,1-4H3,(H2,38,39,42)/t20-,21-,24-,25-,26+,27+,28+,29+,30-,32-,33-/m1/s1. The Morgan fingerprint density at radius 1 is 1.02 bits per heavy atom. The number of ether oxygens (including phenoxy) is 1. The molecule has 0 unspecified atom stereocenters. The number of hydrogen-bond donors (Lipinski definition) is 4. The van der Waals surface area contributed by atoms with Gasteiger partial charge in [-0.15, -0.1) is 13.2 Å². The molecular formula is C34H51F3N2O6S. The van der Waals surface area contributed by atoms with Crippen LogP contribution in [0.25, 0.3) is 0 Å². The lowest BCUT2D eigenvalue weighted by molar-refractivity contribution is -0.274. The number of amides is 2. The van der Waals surface area contributed by atoms with Gasteiger partial charge in [-0.1, -0.05) is 34.1 Å². The Morgan fingerprint density at radius 3 is 2.33 bits per heavy atom. The third kappa shape index (κ3) is 6.77. The second-order valence-corrected chi connectivity index (χ2v) is 16.8. The van der Waals surface area contributed by atoms with Crippen molar-refractivity contribution >= 4 is 16.1 Å². The summed E-state index contributed by atoms with van der Waals surface area (Å²) in [4.78, 5) is 12.0. The fourth-order valence-electron chi connectivity index (χ4n) is 10.8. The number of sulfonamides is 1. The van der Waals surface area contributed by atoms with E-state index in [0.29, 0.717) is 36.0 Å². The summed E-state index contributed by atoms with van der Waals surface area (Å²) in [5.74, 6) is 2.18. The van der Waals surface area contributed by atoms with Gasteiger partial charge in [-0.05, 0) is 134 Å². The van der Waals surface area contributed by atoms with Gasteiger partial charge in [0.05, 0.1) is 17.1 Å². The summed E-state index contributed by atoms with van der Waals surface area (Å²) in [6, 6.07) is 2.73. The Hall–Kier alpha value is -2.05. The third-order valence-electron chi connectivity index (χ3n) is 12.9. The number of carbonyl (C=O) groups is 1. The Bertz CT molecular complexity index is 1340. The molecule has 0 spiro atoms. The van der Waals surface area contributed by atoms with Gasteiger partial charge in [-0.2, -0.15) is 0 Å². The van der Waals surface area contributed by atoms with E-state index >= 15 is 0 Å². The topological polar surface area (TPSA) is 125 Å². The molecule has 46 heavy (non-hydrogen) atoms. The molecule has 4 fully saturated rings. The molecule has 1 aromatic rings. The van der Waals surface area contributed by atoms with E-state index < -0.39 is 28.2 Å². The summed E-state index contributed by atoms with van der Waals surface area (Å²) < 4.78 is 67.9. The van der Waals surface area contributed by atoms with Gasteiger partial charge in [0, 0.05) is 6.54 Å². The Labute approximate surface area is 271 Å². The first-order valence-corrected chi connectivity index (χ1v) is 18.5. The number of carbonyl (C=O) groups excluding carboxylic acids is 1. The van der Waals surface area contributed by atoms with E-state index in [1.165, 1.54) is 0 Å². The molecule has 0 saturated heterocycles. The van der Waals surface area contributed by atoms with Crippen LogP contribution in [0.15, 0.2) is 29.2 Å². The number of aliphatic hydroxyl groups is 2. The molecule has 2 amide bonds. The molecule has 0 heterocycles. The number of hydrogen-bond acceptors (Lipinski definition) is 6. The number of urea groups is 1. The van der Waals surface area contributed by atoms with Crippen LogP contribution in [0, 0.1) is 52.3 Å². The van der Waals surface area contributed by atoms with Gasteiger partial charge in [-0.3, -0.25) is 0 Å². The first-order chi connectivity index (χ1) is 21.5. The Balaban J connectivity index is 1.14. The summed E-state index contributed by atoms with van der Waals surface area (Å²) >= 11 is 0. The maximum Gasteiger partial charge on any atom is 0.573 e. The van der Waals surface area contributed by atoms with Crippen molar-refractivity contribution in [3.8, 4) is 5.75 Å². The molecule has 4 aliphatic rings. The van der Waals surface area contributed by atoms with Gasteiger partial charge in [-0.25, -0.2) is 17.9 Å². The largest absolute Gasteiger partial charge is 0.573 e. The van der Waals surface area contributed by atoms with E-state index in [1.54, 1.807) is 0 Å². The minimum atomic E-state index is -4.90. The number of alkyl halides is 3. The molecule has 0 aliphatic heterocycles. The monoisotopic (exact) mass is 672 g/mol. The van der Waals surface area contributed by atoms with E-state index in [9.17, 15) is 36.6 Å². The summed E-state index contributed by atoms with van der Waals surface area (Å²) in [5.41, 5.74) is 0.302. The van der Waals surface area contributed by atoms with Gasteiger partial charge >= 0.3 is 12.4 Å². The highest BCUT2D eigenvalue weighted by Gasteiger charge is 2.64. The van der Waals surface area contributed by atoms with E-state index in [2.05, 4.69) is 37.7 Å². The van der Waals surface area contributed by atoms with Crippen LogP contribution in [0.1, 0.15) is 91.9 Å². The van der Waals surface area contributed by atoms with Crippen LogP contribution in [0.3, 0.4) is 0 Å². The maximum absolute atomic E-state index is 12.5. The number of fused-ring (bicyclic) bond motifs is 5. The molecule has 0 aromatic heterocycles. The molecule has 0 radical (unpaired) electrons. The predicted molar refractivity (Wildman–Crippen MR) is 167 cm³/mol. The molecule has 12 heteroatoms. The van der Waals surface area contributed by atoms with Crippen LogP contribution >= 0.6 is 0 Å². The van der Waals surface area contributed by atoms with Gasteiger partial charge in [0.15, 0.2) is 0 Å². The smallest absolute Gasteiger partial charge is 0.406 e. The number of aliphatic hydroxyl groups excluding tert-OH is 2. The van der Waals surface area contributed by atoms with E-state index in [0.717, 1.165) is 82.1 Å². The van der Waals surface area contributed by atoms with Crippen LogP contribution in [0.2, 0.25) is 0 Å². The molecule has 11 atom stereocenters. The van der Waals surface area contributed by atoms with Crippen molar-refractivity contribution in [2.24, 2.45) is 52.3 Å². The average molecular weight is 673 g/mol. The summed E-state index contributed by atoms with van der Waals surface area (Å²) in [6.07, 6.45) is 4.19. The second kappa shape index (κ2) is 13.1. The van der Waals surface area contributed by atoms with Crippen molar-refractivity contribution in [1.29, 1.82) is 0 Å². The molecule has 8 nitrogen and oxygen atoms in total. The molecule has 0 bridgehead atoms. The van der Waals surface area contributed by atoms with Gasteiger partial charge < -0.3 is 20.3 Å². The Morgan fingerprint density at radius 2 is 1.67 bits per heavy atom. The van der Waals surface area contributed by atoms with Gasteiger partial charge in [0.2, 0.25) is 0 Å². The zero-order valence-corrected chi connectivity index (χ0v) is 28.2. The normalized spacial score (nSPS) is 38.2. The van der Waals surface area contributed by atoms with Gasteiger partial charge in [0.25, 0.3) is 10.0 Å². The highest BCUT2D eigenvalue weighted by Crippen LogP contribution is 2.69. The Kier molecular flexibility index (Phi) is 10.0. The van der Waals surface area contributed by atoms with Crippen LogP contribution in [-0.4, -0.2) is 49.8 Å². The molecule has 4 aliphatic carbocycles. The first-order valence-electron chi connectivity index (χ1n) is 17.0. The van der Waals surface area contributed by atoms with Gasteiger partial charge in [0.1, 0.15) is 5.75 Å². The highest BCUT2D eigenvalue weighted by molar-refractivity contribution is 7.90. The van der Waals surface area contributed by atoms with E-state index in [4.69, 9.17) is 0 Å². The summed E-state index contributed by atoms with van der Waals surface area (Å²) in [5, 5.41) is 25.0. The molecule has 5 rings (SSSR count). The fourth-order valence-corrected chi connectivity index (χ4v) is 11.7. The van der Waals surface area contributed by atoms with E-state index in [1.807, 2.05) is 4.72 Å². The lowest BCUT2D eigenvalue weighted by atomic mass is 9.41. The predicted octanol–water partition coefficient (Wildman–Crippen LogP) is 6.62. The maximum atomic E-state index is 12.5. The van der Waals surface area contributed by atoms with Crippen molar-refractivity contribution in [3.05, 3.63) is 24.3 Å². The van der Waals surface area contributed by atoms with Crippen molar-refractivity contribution in [3.63, 3.8) is 0 Å². The molecular weight excluding hydrogens is 621 g/mol. The molecule has 4 N–H and O–H groups in total. The van der Waals surface area contributed by atoms with Crippen molar-refractivity contribution in [2.45, 2.75) is 115 Å². The molecule has 4 saturated carbocycles. The lowest BCUT2D eigenvalue weighted by Crippen LogP contribution is -2.62. The number of rotatable bonds is 9. The molecule has 1 aromatic carbocycles. The number of benzene rings is 1. The highest BCUT2D eigenvalue weighted by atomic mass is 32.2. The average Bonchev–Trinajstić information content (AvgIpc) is 3.33. The minimum Gasteiger partial charge on any atom is -0.406 e. The second-order valence-electron chi connectivity index (χ2n) is 15.1. The van der Waals surface area contributed by atoms with Crippen molar-refractivity contribution in [2.75, 3.05) is 6.54 Å². The van der Waals surface area contributed by atoms with Crippen molar-refractivity contribution in [1.82, 2.24) is 10.0 Å². The SMILES string of the molecule is CC[C@H]1[C@@H](O)[C@@H]2[C@H](CC[C@]3(C)[C@@H]([C@H](C)CCCNC(=O)NS(=O)(=O)c4ccc(OC(F)(F)F)cc4)CC[C@@H]23)[C@@]2(C)CC[C@@H](O)C[C@@H]12. The zero-order chi connectivity index (χ0) is 33.7. The van der Waals surface area contributed by atoms with Crippen LogP contribution in [0.5, 0.6) is 5.75 Å². The first kappa shape index (κ1) is 35.3. The quantitative estimate of drug-likeness (QED) is 0.219. The van der Waals surface area contributed by atoms with Crippen LogP contribution < -0.4 is 14.8 Å². The zero-order valence-electron chi connectivity index (χ0n) is 27.4. The fraction of sp³-hybridized carbons (Fsp3) is 0.794. The molecule has 260 valence electrons. The lowest BCUT2D eigenvalue weighted by Gasteiger charge is -2.64. The third-order valence-corrected chi connectivity index (χ3v) is 14.2. The number of nitrogens with one attached hydrogen (secondary N) is 2. The number of halogens is 3. The van der Waals surface area contributed by atoms with Crippen LogP contribution in [-0.2, 0) is 10.0 Å². The van der Waals surface area contributed by atoms with Crippen molar-refractivity contribution < 1.29 is 41.3 Å².